The van der Waals surface area contributed by atoms with Gasteiger partial charge in [0, 0.05) is 12.7 Å². The third-order valence-electron chi connectivity index (χ3n) is 3.49. The van der Waals surface area contributed by atoms with Crippen LogP contribution in [0.3, 0.4) is 0 Å². The van der Waals surface area contributed by atoms with Gasteiger partial charge in [-0.15, -0.1) is 0 Å². The van der Waals surface area contributed by atoms with Crippen molar-refractivity contribution in [2.75, 3.05) is 20.8 Å². The zero-order valence-electron chi connectivity index (χ0n) is 16.0. The number of ether oxygens (including phenoxy) is 2. The quantitative estimate of drug-likeness (QED) is 0.261. The third-order valence-corrected chi connectivity index (χ3v) is 3.49. The van der Waals surface area contributed by atoms with Crippen molar-refractivity contribution in [2.24, 2.45) is 0 Å². The Morgan fingerprint density at radius 3 is 2.21 bits per heavy atom. The summed E-state index contributed by atoms with van der Waals surface area (Å²) in [5.74, 6) is 1.01. The second kappa shape index (κ2) is 11.4. The van der Waals surface area contributed by atoms with Gasteiger partial charge in [-0.1, -0.05) is 32.9 Å². The fourth-order valence-corrected chi connectivity index (χ4v) is 1.89. The van der Waals surface area contributed by atoms with E-state index in [1.807, 2.05) is 20.8 Å². The van der Waals surface area contributed by atoms with Gasteiger partial charge in [0.1, 0.15) is 5.76 Å². The van der Waals surface area contributed by atoms with E-state index in [1.165, 1.54) is 0 Å². The first-order valence-electron chi connectivity index (χ1n) is 8.22. The number of rotatable bonds is 11. The minimum absolute atomic E-state index is 0.275. The lowest BCUT2D eigenvalue weighted by Gasteiger charge is -2.21. The van der Waals surface area contributed by atoms with Gasteiger partial charge in [-0.3, -0.25) is 4.79 Å². The maximum absolute atomic E-state index is 11.7. The summed E-state index contributed by atoms with van der Waals surface area (Å²) in [6, 6.07) is 0. The van der Waals surface area contributed by atoms with Crippen LogP contribution in [-0.4, -0.2) is 26.7 Å². The Hall–Kier alpha value is -2.17. The number of hydrogen-bond donors (Lipinski definition) is 2. The Bertz CT molecular complexity index is 527. The number of hydrogen-bond acceptors (Lipinski definition) is 4. The molecule has 0 saturated carbocycles. The Morgan fingerprint density at radius 1 is 1.12 bits per heavy atom. The Kier molecular flexibility index (Phi) is 10.3. The minimum Gasteiger partial charge on any atom is -0.497 e. The van der Waals surface area contributed by atoms with Crippen molar-refractivity contribution in [1.29, 1.82) is 0 Å². The summed E-state index contributed by atoms with van der Waals surface area (Å²) in [4.78, 5) is 11.7. The van der Waals surface area contributed by atoms with Gasteiger partial charge in [-0.2, -0.15) is 0 Å². The third kappa shape index (κ3) is 6.94. The molecular weight excluding hydrogens is 304 g/mol. The molecule has 0 atom stereocenters. The largest absolute Gasteiger partial charge is 0.497 e. The lowest BCUT2D eigenvalue weighted by molar-refractivity contribution is -0.116. The fourth-order valence-electron chi connectivity index (χ4n) is 1.89. The number of amides is 1. The lowest BCUT2D eigenvalue weighted by Crippen LogP contribution is -2.26. The van der Waals surface area contributed by atoms with Crippen molar-refractivity contribution in [3.05, 3.63) is 47.2 Å². The number of nitrogens with one attached hydrogen (secondary N) is 2. The molecule has 0 aromatic rings. The highest BCUT2D eigenvalue weighted by Crippen LogP contribution is 2.21. The Morgan fingerprint density at radius 2 is 1.75 bits per heavy atom. The van der Waals surface area contributed by atoms with E-state index < -0.39 is 0 Å². The van der Waals surface area contributed by atoms with Crippen LogP contribution in [0, 0.1) is 0 Å². The van der Waals surface area contributed by atoms with Crippen molar-refractivity contribution >= 4 is 5.91 Å². The standard InChI is InChI=1S/C19H32N2O3/c1-9-10-11-12-24-18(16(6)23-8)17(13(2)3)21-15(5)14(4)19(22)20-7/h21H,4-5,9-12H2,1-3,6-8H3,(H,20,22)/b18-16-. The molecule has 0 radical (unpaired) electrons. The molecule has 0 heterocycles. The summed E-state index contributed by atoms with van der Waals surface area (Å²) < 4.78 is 11.3. The van der Waals surface area contributed by atoms with Gasteiger partial charge in [-0.05, 0) is 32.8 Å². The van der Waals surface area contributed by atoms with Crippen LogP contribution >= 0.6 is 0 Å². The zero-order chi connectivity index (χ0) is 18.7. The van der Waals surface area contributed by atoms with Crippen LogP contribution in [0.1, 0.15) is 47.0 Å². The zero-order valence-corrected chi connectivity index (χ0v) is 16.0. The van der Waals surface area contributed by atoms with E-state index in [1.54, 1.807) is 14.2 Å². The van der Waals surface area contributed by atoms with Crippen molar-refractivity contribution in [3.8, 4) is 0 Å². The van der Waals surface area contributed by atoms with Gasteiger partial charge < -0.3 is 20.1 Å². The molecule has 0 spiro atoms. The van der Waals surface area contributed by atoms with Crippen molar-refractivity contribution in [1.82, 2.24) is 10.6 Å². The second-order valence-electron chi connectivity index (χ2n) is 5.68. The van der Waals surface area contributed by atoms with Gasteiger partial charge in [0.05, 0.1) is 25.0 Å². The smallest absolute Gasteiger partial charge is 0.252 e. The normalized spacial score (nSPS) is 11.1. The molecule has 1 amide bonds. The van der Waals surface area contributed by atoms with E-state index in [4.69, 9.17) is 9.47 Å². The highest BCUT2D eigenvalue weighted by Gasteiger charge is 2.17. The van der Waals surface area contributed by atoms with E-state index in [9.17, 15) is 4.79 Å². The van der Waals surface area contributed by atoms with Gasteiger partial charge in [0.25, 0.3) is 5.91 Å². The van der Waals surface area contributed by atoms with E-state index in [0.29, 0.717) is 23.8 Å². The molecule has 24 heavy (non-hydrogen) atoms. The van der Waals surface area contributed by atoms with Crippen molar-refractivity contribution in [3.63, 3.8) is 0 Å². The number of unbranched alkanes of at least 4 members (excludes halogenated alkanes) is 2. The van der Waals surface area contributed by atoms with Crippen LogP contribution in [0.25, 0.3) is 0 Å². The first kappa shape index (κ1) is 21.8. The van der Waals surface area contributed by atoms with Gasteiger partial charge in [0.2, 0.25) is 0 Å². The number of carbonyl (C=O) groups excluding carboxylic acids is 1. The van der Waals surface area contributed by atoms with E-state index in [0.717, 1.165) is 30.5 Å². The maximum atomic E-state index is 11.7. The number of methoxy groups -OCH3 is 1. The molecule has 5 heteroatoms. The molecule has 0 aliphatic heterocycles. The lowest BCUT2D eigenvalue weighted by atomic mass is 10.1. The van der Waals surface area contributed by atoms with Crippen LogP contribution in [0.15, 0.2) is 47.2 Å². The summed E-state index contributed by atoms with van der Waals surface area (Å²) in [5, 5.41) is 5.69. The average Bonchev–Trinajstić information content (AvgIpc) is 2.57. The van der Waals surface area contributed by atoms with E-state index in [2.05, 4.69) is 30.7 Å². The second-order valence-corrected chi connectivity index (χ2v) is 5.68. The van der Waals surface area contributed by atoms with E-state index >= 15 is 0 Å². The number of likely N-dealkylation sites (N-methyl/N-ethyl adjacent to an activating group) is 1. The van der Waals surface area contributed by atoms with Gasteiger partial charge in [0.15, 0.2) is 5.76 Å². The Balaban J connectivity index is 5.36. The topological polar surface area (TPSA) is 59.6 Å². The molecule has 0 bridgehead atoms. The highest BCUT2D eigenvalue weighted by atomic mass is 16.5. The molecule has 0 unspecified atom stereocenters. The summed E-state index contributed by atoms with van der Waals surface area (Å²) >= 11 is 0. The molecule has 136 valence electrons. The predicted molar refractivity (Wildman–Crippen MR) is 99.0 cm³/mol. The maximum Gasteiger partial charge on any atom is 0.252 e. The Labute approximate surface area is 146 Å². The molecule has 0 aliphatic carbocycles. The van der Waals surface area contributed by atoms with Crippen molar-refractivity contribution in [2.45, 2.75) is 47.0 Å². The summed E-state index contributed by atoms with van der Waals surface area (Å²) in [6.45, 7) is 16.2. The summed E-state index contributed by atoms with van der Waals surface area (Å²) in [7, 11) is 3.16. The molecule has 0 rings (SSSR count). The van der Waals surface area contributed by atoms with Crippen LogP contribution in [0.4, 0.5) is 0 Å². The highest BCUT2D eigenvalue weighted by molar-refractivity contribution is 5.96. The first-order chi connectivity index (χ1) is 11.3. The molecule has 0 fully saturated rings. The molecule has 0 aliphatic rings. The van der Waals surface area contributed by atoms with Crippen LogP contribution < -0.4 is 10.6 Å². The molecule has 2 N–H and O–H groups in total. The van der Waals surface area contributed by atoms with E-state index in [-0.39, 0.29) is 11.5 Å². The van der Waals surface area contributed by atoms with Crippen LogP contribution in [-0.2, 0) is 14.3 Å². The minimum atomic E-state index is -0.279. The average molecular weight is 336 g/mol. The summed E-state index contributed by atoms with van der Waals surface area (Å²) in [6.07, 6.45) is 3.21. The molecule has 0 aromatic heterocycles. The molecular formula is C19H32N2O3. The summed E-state index contributed by atoms with van der Waals surface area (Å²) in [5.41, 5.74) is 2.42. The monoisotopic (exact) mass is 336 g/mol. The molecule has 0 aromatic carbocycles. The van der Waals surface area contributed by atoms with Gasteiger partial charge in [-0.25, -0.2) is 0 Å². The SMILES string of the molecule is C=C(NC(=C(C)C)/C(OCCCCC)=C(\C)OC)C(=C)C(=O)NC. The number of carbonyl (C=O) groups is 1. The van der Waals surface area contributed by atoms with Crippen LogP contribution in [0.5, 0.6) is 0 Å². The van der Waals surface area contributed by atoms with Crippen molar-refractivity contribution < 1.29 is 14.3 Å². The predicted octanol–water partition coefficient (Wildman–Crippen LogP) is 3.77. The van der Waals surface area contributed by atoms with Gasteiger partial charge >= 0.3 is 0 Å². The fraction of sp³-hybridized carbons (Fsp3) is 0.526. The molecule has 5 nitrogen and oxygen atoms in total. The molecule has 0 saturated heterocycles. The first-order valence-corrected chi connectivity index (χ1v) is 8.22. The number of allylic oxidation sites excluding steroid dienone is 2. The van der Waals surface area contributed by atoms with Crippen LogP contribution in [0.2, 0.25) is 0 Å².